The quantitative estimate of drug-likeness (QED) is 0.556. The Morgan fingerprint density at radius 1 is 1.50 bits per heavy atom. The molecule has 1 nitrogen and oxygen atoms in total. The maximum Gasteiger partial charge on any atom is 0.0396 e. The second kappa shape index (κ2) is 5.99. The molecule has 0 spiro atoms. The Balaban J connectivity index is 4.05. The van der Waals surface area contributed by atoms with Crippen LogP contribution in [0.4, 0.5) is 0 Å². The summed E-state index contributed by atoms with van der Waals surface area (Å²) in [6.45, 7) is 10.4. The summed E-state index contributed by atoms with van der Waals surface area (Å²) in [5.74, 6) is 0.576. The first-order valence-corrected chi connectivity index (χ1v) is 4.76. The van der Waals surface area contributed by atoms with Crippen LogP contribution in [0, 0.1) is 5.92 Å². The van der Waals surface area contributed by atoms with E-state index in [9.17, 15) is 0 Å². The first-order valence-electron chi connectivity index (χ1n) is 4.76. The van der Waals surface area contributed by atoms with E-state index in [4.69, 9.17) is 0 Å². The molecular weight excluding hydrogens is 146 g/mol. The van der Waals surface area contributed by atoms with E-state index in [1.165, 1.54) is 25.0 Å². The van der Waals surface area contributed by atoms with Gasteiger partial charge in [-0.25, -0.2) is 0 Å². The van der Waals surface area contributed by atoms with Crippen molar-refractivity contribution in [3.8, 4) is 0 Å². The van der Waals surface area contributed by atoms with Gasteiger partial charge in [-0.05, 0) is 24.8 Å². The summed E-state index contributed by atoms with van der Waals surface area (Å²) in [4.78, 5) is 4.26. The van der Waals surface area contributed by atoms with Crippen LogP contribution in [0.25, 0.3) is 0 Å². The van der Waals surface area contributed by atoms with Crippen molar-refractivity contribution in [1.29, 1.82) is 0 Å². The highest BCUT2D eigenvalue weighted by atomic mass is 14.7. The van der Waals surface area contributed by atoms with Crippen molar-refractivity contribution in [2.45, 2.75) is 40.0 Å². The van der Waals surface area contributed by atoms with Gasteiger partial charge >= 0.3 is 0 Å². The van der Waals surface area contributed by atoms with Gasteiger partial charge in [0.1, 0.15) is 0 Å². The molecule has 0 aliphatic heterocycles. The van der Waals surface area contributed by atoms with Crippen molar-refractivity contribution in [2.75, 3.05) is 7.05 Å². The Morgan fingerprint density at radius 2 is 2.08 bits per heavy atom. The smallest absolute Gasteiger partial charge is 0.0396 e. The molecule has 0 aromatic heterocycles. The van der Waals surface area contributed by atoms with Crippen molar-refractivity contribution in [2.24, 2.45) is 10.9 Å². The molecule has 0 heterocycles. The molecule has 0 fully saturated rings. The molecule has 0 aliphatic carbocycles. The van der Waals surface area contributed by atoms with Crippen molar-refractivity contribution in [1.82, 2.24) is 0 Å². The van der Waals surface area contributed by atoms with Gasteiger partial charge in [0.05, 0.1) is 0 Å². The van der Waals surface area contributed by atoms with Crippen molar-refractivity contribution < 1.29 is 0 Å². The molecule has 12 heavy (non-hydrogen) atoms. The van der Waals surface area contributed by atoms with E-state index >= 15 is 0 Å². The van der Waals surface area contributed by atoms with Crippen molar-refractivity contribution in [3.63, 3.8) is 0 Å². The molecule has 0 saturated carbocycles. The molecule has 0 saturated heterocycles. The lowest BCUT2D eigenvalue weighted by molar-refractivity contribution is 0.623. The molecule has 0 radical (unpaired) electrons. The van der Waals surface area contributed by atoms with E-state index in [2.05, 4.69) is 25.4 Å². The summed E-state index contributed by atoms with van der Waals surface area (Å²) < 4.78 is 0. The third-order valence-corrected chi connectivity index (χ3v) is 2.14. The van der Waals surface area contributed by atoms with Gasteiger partial charge in [-0.15, -0.1) is 0 Å². The van der Waals surface area contributed by atoms with Crippen molar-refractivity contribution >= 4 is 5.71 Å². The van der Waals surface area contributed by atoms with Crippen LogP contribution >= 0.6 is 0 Å². The van der Waals surface area contributed by atoms with Gasteiger partial charge < -0.3 is 0 Å². The standard InChI is InChI=1S/C11H21N/c1-6-7-8-10(4)11(12-5)9(2)3/h10H,2,6-8H2,1,3-5H3. The van der Waals surface area contributed by atoms with E-state index < -0.39 is 0 Å². The van der Waals surface area contributed by atoms with E-state index in [1.54, 1.807) is 0 Å². The lowest BCUT2D eigenvalue weighted by atomic mass is 9.95. The Morgan fingerprint density at radius 3 is 2.42 bits per heavy atom. The number of nitrogens with zero attached hydrogens (tertiary/aromatic N) is 1. The Hall–Kier alpha value is -0.590. The number of unbranched alkanes of at least 4 members (excludes halogenated alkanes) is 1. The van der Waals surface area contributed by atoms with Gasteiger partial charge in [-0.1, -0.05) is 33.3 Å². The van der Waals surface area contributed by atoms with Gasteiger partial charge in [0.25, 0.3) is 0 Å². The molecule has 0 bridgehead atoms. The predicted molar refractivity (Wildman–Crippen MR) is 56.9 cm³/mol. The first-order chi connectivity index (χ1) is 5.63. The minimum Gasteiger partial charge on any atom is -0.293 e. The number of allylic oxidation sites excluding steroid dienone is 1. The van der Waals surface area contributed by atoms with Gasteiger partial charge in [0, 0.05) is 12.8 Å². The number of hydrogen-bond donors (Lipinski definition) is 0. The Labute approximate surface area is 76.6 Å². The maximum absolute atomic E-state index is 4.26. The highest BCUT2D eigenvalue weighted by Crippen LogP contribution is 2.13. The van der Waals surface area contributed by atoms with Gasteiger partial charge in [-0.2, -0.15) is 0 Å². The number of rotatable bonds is 5. The van der Waals surface area contributed by atoms with Crippen LogP contribution in [0.5, 0.6) is 0 Å². The zero-order valence-corrected chi connectivity index (χ0v) is 8.85. The zero-order chi connectivity index (χ0) is 9.56. The molecule has 0 rings (SSSR count). The second-order valence-corrected chi connectivity index (χ2v) is 3.43. The molecule has 0 aromatic carbocycles. The van der Waals surface area contributed by atoms with E-state index in [0.717, 1.165) is 5.57 Å². The Bertz CT molecular complexity index is 168. The lowest BCUT2D eigenvalue weighted by Gasteiger charge is -2.13. The normalized spacial score (nSPS) is 14.5. The van der Waals surface area contributed by atoms with Crippen LogP contribution in [-0.2, 0) is 0 Å². The largest absolute Gasteiger partial charge is 0.293 e. The summed E-state index contributed by atoms with van der Waals surface area (Å²) in [5, 5.41) is 0. The molecule has 70 valence electrons. The van der Waals surface area contributed by atoms with Crippen LogP contribution < -0.4 is 0 Å². The minimum atomic E-state index is 0.576. The number of aliphatic imine (C=N–C) groups is 1. The van der Waals surface area contributed by atoms with Crippen molar-refractivity contribution in [3.05, 3.63) is 12.2 Å². The van der Waals surface area contributed by atoms with Crippen LogP contribution in [0.2, 0.25) is 0 Å². The van der Waals surface area contributed by atoms with Crippen LogP contribution in [0.15, 0.2) is 17.1 Å². The fourth-order valence-corrected chi connectivity index (χ4v) is 1.48. The van der Waals surface area contributed by atoms with Gasteiger partial charge in [0.2, 0.25) is 0 Å². The van der Waals surface area contributed by atoms with Gasteiger partial charge in [-0.3, -0.25) is 4.99 Å². The highest BCUT2D eigenvalue weighted by molar-refractivity contribution is 6.00. The summed E-state index contributed by atoms with van der Waals surface area (Å²) in [7, 11) is 1.85. The molecular formula is C11H21N. The first kappa shape index (κ1) is 11.4. The molecule has 1 unspecified atom stereocenters. The maximum atomic E-state index is 4.26. The molecule has 1 atom stereocenters. The van der Waals surface area contributed by atoms with E-state index in [1.807, 2.05) is 14.0 Å². The number of hydrogen-bond acceptors (Lipinski definition) is 1. The molecule has 0 aliphatic rings. The third-order valence-electron chi connectivity index (χ3n) is 2.14. The third kappa shape index (κ3) is 3.70. The second-order valence-electron chi connectivity index (χ2n) is 3.43. The SMILES string of the molecule is C=C(C)C(=NC)C(C)CCCC. The average molecular weight is 167 g/mol. The Kier molecular flexibility index (Phi) is 5.69. The molecule has 0 N–H and O–H groups in total. The lowest BCUT2D eigenvalue weighted by Crippen LogP contribution is -2.11. The molecule has 0 aromatic rings. The summed E-state index contributed by atoms with van der Waals surface area (Å²) in [6.07, 6.45) is 3.78. The minimum absolute atomic E-state index is 0.576. The average Bonchev–Trinajstić information content (AvgIpc) is 2.01. The van der Waals surface area contributed by atoms with Gasteiger partial charge in [0.15, 0.2) is 0 Å². The predicted octanol–water partition coefficient (Wildman–Crippen LogP) is 3.46. The van der Waals surface area contributed by atoms with E-state index in [-0.39, 0.29) is 0 Å². The fraction of sp³-hybridized carbons (Fsp3) is 0.727. The topological polar surface area (TPSA) is 12.4 Å². The van der Waals surface area contributed by atoms with Crippen LogP contribution in [0.1, 0.15) is 40.0 Å². The monoisotopic (exact) mass is 167 g/mol. The summed E-state index contributed by atoms with van der Waals surface area (Å²) in [6, 6.07) is 0. The zero-order valence-electron chi connectivity index (χ0n) is 8.85. The highest BCUT2D eigenvalue weighted by Gasteiger charge is 2.09. The molecule has 1 heteroatoms. The van der Waals surface area contributed by atoms with Crippen LogP contribution in [-0.4, -0.2) is 12.8 Å². The summed E-state index contributed by atoms with van der Waals surface area (Å²) >= 11 is 0. The van der Waals surface area contributed by atoms with Crippen LogP contribution in [0.3, 0.4) is 0 Å². The summed E-state index contributed by atoms with van der Waals surface area (Å²) in [5.41, 5.74) is 2.30. The van der Waals surface area contributed by atoms with E-state index in [0.29, 0.717) is 5.92 Å². The molecule has 0 amide bonds. The fourth-order valence-electron chi connectivity index (χ4n) is 1.48.